The summed E-state index contributed by atoms with van der Waals surface area (Å²) in [6, 6.07) is 2.92. The van der Waals surface area contributed by atoms with Gasteiger partial charge in [0.05, 0.1) is 17.5 Å². The van der Waals surface area contributed by atoms with E-state index in [-0.39, 0.29) is 37.0 Å². The average molecular weight is 352 g/mol. The minimum absolute atomic E-state index is 0.00282. The standard InChI is InChI=1S/C17H18F2N2O4/c1-9-6-20(8-12(9)17(24)25)16(23)10-4-15(22)21(7-10)14-3-2-11(18)5-13(14)19/h2-3,5,9-10,12H,4,6-8H2,1H3,(H,24,25)/t9-,10?,12-/m1/s1. The largest absolute Gasteiger partial charge is 0.481 e. The van der Waals surface area contributed by atoms with Gasteiger partial charge in [-0.1, -0.05) is 6.92 Å². The van der Waals surface area contributed by atoms with Gasteiger partial charge in [-0.3, -0.25) is 14.4 Å². The Bertz CT molecular complexity index is 739. The predicted octanol–water partition coefficient (Wildman–Crippen LogP) is 1.50. The zero-order chi connectivity index (χ0) is 18.3. The third kappa shape index (κ3) is 3.20. The molecule has 0 radical (unpaired) electrons. The highest BCUT2D eigenvalue weighted by atomic mass is 19.1. The quantitative estimate of drug-likeness (QED) is 0.894. The monoisotopic (exact) mass is 352 g/mol. The van der Waals surface area contributed by atoms with E-state index >= 15 is 0 Å². The molecule has 2 amide bonds. The number of likely N-dealkylation sites (tertiary alicyclic amines) is 1. The minimum Gasteiger partial charge on any atom is -0.481 e. The number of nitrogens with zero attached hydrogens (tertiary/aromatic N) is 2. The molecule has 2 fully saturated rings. The fourth-order valence-electron chi connectivity index (χ4n) is 3.53. The lowest BCUT2D eigenvalue weighted by Crippen LogP contribution is -2.36. The van der Waals surface area contributed by atoms with E-state index in [9.17, 15) is 23.2 Å². The number of amides is 2. The van der Waals surface area contributed by atoms with Crippen molar-refractivity contribution in [2.75, 3.05) is 24.5 Å². The van der Waals surface area contributed by atoms with Crippen molar-refractivity contribution >= 4 is 23.5 Å². The van der Waals surface area contributed by atoms with Crippen LogP contribution in [-0.2, 0) is 14.4 Å². The van der Waals surface area contributed by atoms with Crippen LogP contribution in [-0.4, -0.2) is 47.4 Å². The molecule has 134 valence electrons. The number of aliphatic carboxylic acids is 1. The summed E-state index contributed by atoms with van der Waals surface area (Å²) >= 11 is 0. The van der Waals surface area contributed by atoms with Gasteiger partial charge in [0, 0.05) is 32.1 Å². The van der Waals surface area contributed by atoms with Crippen molar-refractivity contribution in [2.24, 2.45) is 17.8 Å². The summed E-state index contributed by atoms with van der Waals surface area (Å²) < 4.78 is 26.9. The van der Waals surface area contributed by atoms with Crippen molar-refractivity contribution in [3.8, 4) is 0 Å². The Labute approximate surface area is 143 Å². The lowest BCUT2D eigenvalue weighted by molar-refractivity contribution is -0.142. The molecule has 25 heavy (non-hydrogen) atoms. The normalized spacial score (nSPS) is 26.4. The smallest absolute Gasteiger partial charge is 0.308 e. The second-order valence-electron chi connectivity index (χ2n) is 6.67. The van der Waals surface area contributed by atoms with Crippen LogP contribution in [0.4, 0.5) is 14.5 Å². The maximum atomic E-state index is 13.9. The Hall–Kier alpha value is -2.51. The van der Waals surface area contributed by atoms with E-state index in [2.05, 4.69) is 0 Å². The van der Waals surface area contributed by atoms with E-state index in [0.717, 1.165) is 11.0 Å². The minimum atomic E-state index is -0.944. The summed E-state index contributed by atoms with van der Waals surface area (Å²) in [4.78, 5) is 38.6. The van der Waals surface area contributed by atoms with Crippen LogP contribution in [0.1, 0.15) is 13.3 Å². The maximum absolute atomic E-state index is 13.9. The molecule has 2 saturated heterocycles. The fourth-order valence-corrected chi connectivity index (χ4v) is 3.53. The van der Waals surface area contributed by atoms with Gasteiger partial charge in [-0.2, -0.15) is 0 Å². The molecule has 1 unspecified atom stereocenters. The molecule has 2 heterocycles. The second kappa shape index (κ2) is 6.42. The summed E-state index contributed by atoms with van der Waals surface area (Å²) in [7, 11) is 0. The van der Waals surface area contributed by atoms with E-state index < -0.39 is 35.3 Å². The molecule has 3 atom stereocenters. The third-order valence-electron chi connectivity index (χ3n) is 4.92. The first-order valence-electron chi connectivity index (χ1n) is 8.05. The first-order chi connectivity index (χ1) is 11.8. The summed E-state index contributed by atoms with van der Waals surface area (Å²) in [5.74, 6) is -4.69. The van der Waals surface area contributed by atoms with Gasteiger partial charge in [-0.15, -0.1) is 0 Å². The number of anilines is 1. The van der Waals surface area contributed by atoms with Crippen LogP contribution in [0, 0.1) is 29.4 Å². The summed E-state index contributed by atoms with van der Waals surface area (Å²) in [6.45, 7) is 2.21. The number of carbonyl (C=O) groups is 3. The fraction of sp³-hybridized carbons (Fsp3) is 0.471. The lowest BCUT2D eigenvalue weighted by Gasteiger charge is -2.21. The molecule has 0 spiro atoms. The number of carbonyl (C=O) groups excluding carboxylic acids is 2. The Morgan fingerprint density at radius 3 is 2.52 bits per heavy atom. The van der Waals surface area contributed by atoms with Gasteiger partial charge in [0.2, 0.25) is 11.8 Å². The molecule has 8 heteroatoms. The molecule has 0 aromatic heterocycles. The Morgan fingerprint density at radius 1 is 1.20 bits per heavy atom. The van der Waals surface area contributed by atoms with Crippen molar-refractivity contribution in [1.82, 2.24) is 4.90 Å². The first-order valence-corrected chi connectivity index (χ1v) is 8.05. The van der Waals surface area contributed by atoms with Gasteiger partial charge in [-0.05, 0) is 18.1 Å². The lowest BCUT2D eigenvalue weighted by atomic mass is 9.99. The van der Waals surface area contributed by atoms with Crippen LogP contribution >= 0.6 is 0 Å². The first kappa shape index (κ1) is 17.3. The molecule has 3 rings (SSSR count). The van der Waals surface area contributed by atoms with Crippen molar-refractivity contribution in [3.05, 3.63) is 29.8 Å². The van der Waals surface area contributed by atoms with Crippen LogP contribution in [0.5, 0.6) is 0 Å². The highest BCUT2D eigenvalue weighted by molar-refractivity contribution is 6.00. The summed E-state index contributed by atoms with van der Waals surface area (Å²) in [5, 5.41) is 9.16. The highest BCUT2D eigenvalue weighted by Gasteiger charge is 2.43. The number of benzene rings is 1. The molecule has 1 aromatic carbocycles. The third-order valence-corrected chi connectivity index (χ3v) is 4.92. The van der Waals surface area contributed by atoms with E-state index in [1.54, 1.807) is 6.92 Å². The van der Waals surface area contributed by atoms with Crippen LogP contribution < -0.4 is 4.90 Å². The number of carboxylic acids is 1. The maximum Gasteiger partial charge on any atom is 0.308 e. The topological polar surface area (TPSA) is 77.9 Å². The average Bonchev–Trinajstić information content (AvgIpc) is 3.10. The van der Waals surface area contributed by atoms with Gasteiger partial charge in [-0.25, -0.2) is 8.78 Å². The predicted molar refractivity (Wildman–Crippen MR) is 83.7 cm³/mol. The summed E-state index contributed by atoms with van der Waals surface area (Å²) in [5.41, 5.74) is -0.0556. The molecule has 0 saturated carbocycles. The molecule has 6 nitrogen and oxygen atoms in total. The van der Waals surface area contributed by atoms with Gasteiger partial charge >= 0.3 is 5.97 Å². The Morgan fingerprint density at radius 2 is 1.92 bits per heavy atom. The number of carboxylic acid groups (broad SMARTS) is 1. The molecular formula is C17H18F2N2O4. The number of hydrogen-bond acceptors (Lipinski definition) is 3. The molecule has 0 aliphatic carbocycles. The van der Waals surface area contributed by atoms with Crippen LogP contribution in [0.2, 0.25) is 0 Å². The molecule has 0 bridgehead atoms. The second-order valence-corrected chi connectivity index (χ2v) is 6.67. The van der Waals surface area contributed by atoms with E-state index in [1.165, 1.54) is 11.0 Å². The van der Waals surface area contributed by atoms with Crippen molar-refractivity contribution in [3.63, 3.8) is 0 Å². The highest BCUT2D eigenvalue weighted by Crippen LogP contribution is 2.31. The molecule has 1 N–H and O–H groups in total. The number of rotatable bonds is 3. The van der Waals surface area contributed by atoms with E-state index in [1.807, 2.05) is 0 Å². The van der Waals surface area contributed by atoms with Gasteiger partial charge in [0.25, 0.3) is 0 Å². The zero-order valence-electron chi connectivity index (χ0n) is 13.6. The number of halogens is 2. The molecular weight excluding hydrogens is 334 g/mol. The van der Waals surface area contributed by atoms with Gasteiger partial charge in [0.15, 0.2) is 0 Å². The zero-order valence-corrected chi connectivity index (χ0v) is 13.6. The van der Waals surface area contributed by atoms with Crippen molar-refractivity contribution in [1.29, 1.82) is 0 Å². The van der Waals surface area contributed by atoms with Crippen LogP contribution in [0.3, 0.4) is 0 Å². The SMILES string of the molecule is C[C@@H]1CN(C(=O)C2CC(=O)N(c3ccc(F)cc3F)C2)C[C@H]1C(=O)O. The molecule has 2 aliphatic heterocycles. The molecule has 1 aromatic rings. The van der Waals surface area contributed by atoms with Crippen LogP contribution in [0.25, 0.3) is 0 Å². The Kier molecular flexibility index (Phi) is 4.45. The summed E-state index contributed by atoms with van der Waals surface area (Å²) in [6.07, 6.45) is -0.0712. The molecule has 2 aliphatic rings. The van der Waals surface area contributed by atoms with E-state index in [0.29, 0.717) is 12.6 Å². The van der Waals surface area contributed by atoms with Crippen LogP contribution in [0.15, 0.2) is 18.2 Å². The number of hydrogen-bond donors (Lipinski definition) is 1. The van der Waals surface area contributed by atoms with E-state index in [4.69, 9.17) is 5.11 Å². The van der Waals surface area contributed by atoms with Gasteiger partial charge < -0.3 is 14.9 Å². The van der Waals surface area contributed by atoms with Gasteiger partial charge in [0.1, 0.15) is 11.6 Å². The van der Waals surface area contributed by atoms with Crippen molar-refractivity contribution < 1.29 is 28.3 Å². The Balaban J connectivity index is 1.72. The van der Waals surface area contributed by atoms with Crippen molar-refractivity contribution in [2.45, 2.75) is 13.3 Å².